The summed E-state index contributed by atoms with van der Waals surface area (Å²) in [6.07, 6.45) is 3.56. The van der Waals surface area contributed by atoms with E-state index in [1.54, 1.807) is 6.20 Å². The highest BCUT2D eigenvalue weighted by molar-refractivity contribution is 6.05. The third kappa shape index (κ3) is 0.792. The zero-order valence-corrected chi connectivity index (χ0v) is 6.33. The quantitative estimate of drug-likeness (QED) is 0.516. The van der Waals surface area contributed by atoms with Gasteiger partial charge in [-0.05, 0) is 23.8 Å². The average Bonchev–Trinajstić information content (AvgIpc) is 2.34. The lowest BCUT2D eigenvalue weighted by atomic mass is 10.2. The van der Waals surface area contributed by atoms with E-state index >= 15 is 0 Å². The van der Waals surface area contributed by atoms with Crippen LogP contribution in [0.5, 0.6) is 0 Å². The van der Waals surface area contributed by atoms with Crippen molar-refractivity contribution in [3.8, 4) is 0 Å². The molecule has 2 heteroatoms. The second kappa shape index (κ2) is 2.02. The van der Waals surface area contributed by atoms with Gasteiger partial charge in [0.1, 0.15) is 0 Å². The number of nitrogens with zero attached hydrogens (tertiary/aromatic N) is 2. The zero-order valence-electron chi connectivity index (χ0n) is 6.33. The Labute approximate surface area is 64.6 Å². The van der Waals surface area contributed by atoms with E-state index in [-0.39, 0.29) is 0 Å². The van der Waals surface area contributed by atoms with Crippen LogP contribution < -0.4 is 10.4 Å². The van der Waals surface area contributed by atoms with Crippen LogP contribution in [0.1, 0.15) is 6.92 Å². The van der Waals surface area contributed by atoms with Gasteiger partial charge in [-0.2, -0.15) is 0 Å². The molecule has 0 atom stereocenters. The molecule has 0 radical (unpaired) electrons. The topological polar surface area (TPSA) is 25.2 Å². The van der Waals surface area contributed by atoms with E-state index < -0.39 is 0 Å². The monoisotopic (exact) mass is 144 g/mol. The third-order valence-electron chi connectivity index (χ3n) is 1.79. The van der Waals surface area contributed by atoms with Gasteiger partial charge in [-0.25, -0.2) is 9.98 Å². The molecule has 0 unspecified atom stereocenters. The first-order valence-corrected chi connectivity index (χ1v) is 3.48. The SMILES string of the molecule is C=c1ccnc2c1=C(C)C=N2. The van der Waals surface area contributed by atoms with E-state index in [1.807, 2.05) is 19.2 Å². The molecule has 0 saturated heterocycles. The fourth-order valence-corrected chi connectivity index (χ4v) is 1.24. The highest BCUT2D eigenvalue weighted by atomic mass is 14.9. The van der Waals surface area contributed by atoms with Gasteiger partial charge in [-0.1, -0.05) is 6.58 Å². The van der Waals surface area contributed by atoms with Crippen molar-refractivity contribution in [2.45, 2.75) is 6.92 Å². The molecule has 0 amide bonds. The molecule has 0 aliphatic carbocycles. The lowest BCUT2D eigenvalue weighted by Gasteiger charge is -1.89. The lowest BCUT2D eigenvalue weighted by molar-refractivity contribution is 1.25. The molecule has 0 N–H and O–H groups in total. The summed E-state index contributed by atoms with van der Waals surface area (Å²) >= 11 is 0. The molecule has 1 aliphatic heterocycles. The molecule has 0 aromatic carbocycles. The Morgan fingerprint density at radius 1 is 1.45 bits per heavy atom. The van der Waals surface area contributed by atoms with E-state index in [4.69, 9.17) is 0 Å². The summed E-state index contributed by atoms with van der Waals surface area (Å²) in [4.78, 5) is 8.24. The molecule has 0 spiro atoms. The predicted molar refractivity (Wildman–Crippen MR) is 46.2 cm³/mol. The fourth-order valence-electron chi connectivity index (χ4n) is 1.24. The maximum atomic E-state index is 4.13. The van der Waals surface area contributed by atoms with Gasteiger partial charge in [0.05, 0.1) is 0 Å². The van der Waals surface area contributed by atoms with Gasteiger partial charge in [-0.15, -0.1) is 0 Å². The maximum Gasteiger partial charge on any atom is 0.160 e. The average molecular weight is 144 g/mol. The fraction of sp³-hybridized carbons (Fsp3) is 0.111. The number of pyridine rings is 1. The van der Waals surface area contributed by atoms with Crippen LogP contribution in [-0.4, -0.2) is 11.2 Å². The second-order valence-corrected chi connectivity index (χ2v) is 2.61. The van der Waals surface area contributed by atoms with Crippen molar-refractivity contribution < 1.29 is 0 Å². The molecule has 54 valence electrons. The van der Waals surface area contributed by atoms with Gasteiger partial charge in [0, 0.05) is 17.6 Å². The highest BCUT2D eigenvalue weighted by Gasteiger charge is 2.02. The molecular weight excluding hydrogens is 136 g/mol. The van der Waals surface area contributed by atoms with Crippen LogP contribution in [0.15, 0.2) is 17.3 Å². The van der Waals surface area contributed by atoms with Gasteiger partial charge < -0.3 is 0 Å². The van der Waals surface area contributed by atoms with Crippen molar-refractivity contribution in [1.82, 2.24) is 4.98 Å². The van der Waals surface area contributed by atoms with Crippen molar-refractivity contribution in [3.63, 3.8) is 0 Å². The Morgan fingerprint density at radius 2 is 2.27 bits per heavy atom. The largest absolute Gasteiger partial charge is 0.237 e. The van der Waals surface area contributed by atoms with Crippen LogP contribution in [-0.2, 0) is 0 Å². The van der Waals surface area contributed by atoms with Crippen molar-refractivity contribution in [1.29, 1.82) is 0 Å². The molecule has 2 rings (SSSR count). The Morgan fingerprint density at radius 3 is 3.00 bits per heavy atom. The minimum Gasteiger partial charge on any atom is -0.237 e. The van der Waals surface area contributed by atoms with Crippen LogP contribution in [0, 0.1) is 0 Å². The number of fused-ring (bicyclic) bond motifs is 1. The number of hydrogen-bond acceptors (Lipinski definition) is 2. The minimum absolute atomic E-state index is 0.801. The number of hydrogen-bond donors (Lipinski definition) is 0. The van der Waals surface area contributed by atoms with Crippen LogP contribution in [0.4, 0.5) is 5.82 Å². The van der Waals surface area contributed by atoms with Gasteiger partial charge in [-0.3, -0.25) is 0 Å². The molecule has 1 aromatic rings. The number of rotatable bonds is 0. The van der Waals surface area contributed by atoms with Gasteiger partial charge in [0.15, 0.2) is 5.82 Å². The highest BCUT2D eigenvalue weighted by Crippen LogP contribution is 2.04. The summed E-state index contributed by atoms with van der Waals surface area (Å²) in [7, 11) is 0. The summed E-state index contributed by atoms with van der Waals surface area (Å²) in [5, 5.41) is 2.09. The second-order valence-electron chi connectivity index (χ2n) is 2.61. The van der Waals surface area contributed by atoms with Gasteiger partial charge in [0.2, 0.25) is 0 Å². The van der Waals surface area contributed by atoms with E-state index in [2.05, 4.69) is 16.6 Å². The molecule has 11 heavy (non-hydrogen) atoms. The first kappa shape index (κ1) is 6.28. The summed E-state index contributed by atoms with van der Waals surface area (Å²) in [5.74, 6) is 0.801. The van der Waals surface area contributed by atoms with Crippen LogP contribution in [0.3, 0.4) is 0 Å². The van der Waals surface area contributed by atoms with Crippen molar-refractivity contribution in [3.05, 3.63) is 22.7 Å². The third-order valence-corrected chi connectivity index (χ3v) is 1.79. The minimum atomic E-state index is 0.801. The summed E-state index contributed by atoms with van der Waals surface area (Å²) in [6, 6.07) is 1.90. The maximum absolute atomic E-state index is 4.13. The number of aromatic nitrogens is 1. The summed E-state index contributed by atoms with van der Waals surface area (Å²) in [5.41, 5.74) is 1.15. The number of aliphatic imine (C=N–C) groups is 1. The first-order valence-electron chi connectivity index (χ1n) is 3.48. The van der Waals surface area contributed by atoms with E-state index in [0.29, 0.717) is 0 Å². The standard InChI is InChI=1S/C9H8N2/c1-6-3-4-10-9-8(6)7(2)5-11-9/h3-5H,1H2,2H3. The molecule has 2 heterocycles. The molecule has 0 fully saturated rings. The molecule has 0 bridgehead atoms. The summed E-state index contributed by atoms with van der Waals surface area (Å²) in [6.45, 7) is 5.92. The van der Waals surface area contributed by atoms with Crippen LogP contribution in [0.25, 0.3) is 12.2 Å². The summed E-state index contributed by atoms with van der Waals surface area (Å²) < 4.78 is 0. The molecular formula is C9H8N2. The Kier molecular flexibility index (Phi) is 1.15. The predicted octanol–water partition coefficient (Wildman–Crippen LogP) is 0.378. The van der Waals surface area contributed by atoms with Crippen molar-refractivity contribution in [2.24, 2.45) is 4.99 Å². The molecule has 0 saturated carbocycles. The van der Waals surface area contributed by atoms with Crippen molar-refractivity contribution >= 4 is 24.2 Å². The van der Waals surface area contributed by atoms with E-state index in [9.17, 15) is 0 Å². The zero-order chi connectivity index (χ0) is 7.84. The Balaban J connectivity index is 3.03. The Hall–Kier alpha value is -1.44. The smallest absolute Gasteiger partial charge is 0.160 e. The van der Waals surface area contributed by atoms with Crippen LogP contribution in [0.2, 0.25) is 0 Å². The molecule has 2 nitrogen and oxygen atoms in total. The van der Waals surface area contributed by atoms with E-state index in [0.717, 1.165) is 21.8 Å². The Bertz CT molecular complexity index is 429. The lowest BCUT2D eigenvalue weighted by Crippen LogP contribution is -2.24. The molecule has 1 aromatic heterocycles. The first-order chi connectivity index (χ1) is 5.29. The van der Waals surface area contributed by atoms with Crippen LogP contribution >= 0.6 is 0 Å². The van der Waals surface area contributed by atoms with Crippen molar-refractivity contribution in [2.75, 3.05) is 0 Å². The van der Waals surface area contributed by atoms with E-state index in [1.165, 1.54) is 0 Å². The normalized spacial score (nSPS) is 13.7. The van der Waals surface area contributed by atoms with Gasteiger partial charge in [0.25, 0.3) is 0 Å². The van der Waals surface area contributed by atoms with Gasteiger partial charge >= 0.3 is 0 Å². The molecule has 1 aliphatic rings.